The molecule has 1 atom stereocenters. The van der Waals surface area contributed by atoms with E-state index in [1.165, 1.54) is 6.92 Å². The third-order valence-corrected chi connectivity index (χ3v) is 2.54. The zero-order valence-corrected chi connectivity index (χ0v) is 9.98. The van der Waals surface area contributed by atoms with Crippen LogP contribution >= 0.6 is 0 Å². The Bertz CT molecular complexity index is 284. The molecule has 0 radical (unpaired) electrons. The molecule has 0 bridgehead atoms. The molecule has 10 heteroatoms. The van der Waals surface area contributed by atoms with Crippen LogP contribution in [0.4, 0.5) is 30.7 Å². The number of hydrogen-bond acceptors (Lipinski definition) is 3. The molecular formula is C9H15F7N2O. The van der Waals surface area contributed by atoms with E-state index in [0.29, 0.717) is 0 Å². The van der Waals surface area contributed by atoms with Crippen molar-refractivity contribution in [2.45, 2.75) is 31.6 Å². The van der Waals surface area contributed by atoms with Gasteiger partial charge in [0.1, 0.15) is 0 Å². The van der Waals surface area contributed by atoms with E-state index >= 15 is 0 Å². The van der Waals surface area contributed by atoms with E-state index in [9.17, 15) is 30.7 Å². The number of alkyl halides is 7. The van der Waals surface area contributed by atoms with Crippen molar-refractivity contribution in [1.29, 1.82) is 0 Å². The molecule has 0 aliphatic carbocycles. The van der Waals surface area contributed by atoms with Crippen LogP contribution in [0.1, 0.15) is 6.92 Å². The molecule has 0 rings (SSSR count). The normalized spacial score (nSPS) is 15.9. The minimum atomic E-state index is -5.66. The van der Waals surface area contributed by atoms with Crippen molar-refractivity contribution in [3.63, 3.8) is 0 Å². The summed E-state index contributed by atoms with van der Waals surface area (Å²) in [7, 11) is 0. The van der Waals surface area contributed by atoms with E-state index in [-0.39, 0.29) is 13.1 Å². The van der Waals surface area contributed by atoms with Gasteiger partial charge < -0.3 is 16.2 Å². The highest BCUT2D eigenvalue weighted by atomic mass is 19.3. The predicted octanol–water partition coefficient (Wildman–Crippen LogP) is 1.76. The lowest BCUT2D eigenvalue weighted by Gasteiger charge is -2.32. The molecule has 0 spiro atoms. The summed E-state index contributed by atoms with van der Waals surface area (Å²) in [5.41, 5.74) is 9.10. The quantitative estimate of drug-likeness (QED) is 0.671. The van der Waals surface area contributed by atoms with Gasteiger partial charge in [0.15, 0.2) is 0 Å². The van der Waals surface area contributed by atoms with Gasteiger partial charge in [0, 0.05) is 18.5 Å². The summed E-state index contributed by atoms with van der Waals surface area (Å²) in [6.45, 7) is -0.294. The van der Waals surface area contributed by atoms with Crippen LogP contribution in [-0.4, -0.2) is 44.3 Å². The fraction of sp³-hybridized carbons (Fsp3) is 1.00. The second kappa shape index (κ2) is 6.23. The van der Waals surface area contributed by atoms with Crippen molar-refractivity contribution in [2.75, 3.05) is 19.7 Å². The lowest BCUT2D eigenvalue weighted by Crippen LogP contribution is -2.54. The molecule has 0 aliphatic heterocycles. The smallest absolute Gasteiger partial charge is 0.330 e. The second-order valence-corrected chi connectivity index (χ2v) is 4.38. The summed E-state index contributed by atoms with van der Waals surface area (Å²) < 4.78 is 91.3. The van der Waals surface area contributed by atoms with Crippen LogP contribution in [0, 0.1) is 5.41 Å². The van der Waals surface area contributed by atoms with Crippen LogP contribution in [0.15, 0.2) is 0 Å². The monoisotopic (exact) mass is 300 g/mol. The second-order valence-electron chi connectivity index (χ2n) is 4.38. The SMILES string of the molecule is CC(CN)(CN)COC(F)(F)C(F)(F)C(F)C(F)F. The Morgan fingerprint density at radius 2 is 1.42 bits per heavy atom. The number of nitrogens with two attached hydrogens (primary N) is 2. The van der Waals surface area contributed by atoms with Crippen LogP contribution in [0.3, 0.4) is 0 Å². The molecule has 0 amide bonds. The number of ether oxygens (including phenoxy) is 1. The summed E-state index contributed by atoms with van der Waals surface area (Å²) in [6, 6.07) is 0. The first-order chi connectivity index (χ1) is 8.43. The third kappa shape index (κ3) is 4.18. The third-order valence-electron chi connectivity index (χ3n) is 2.54. The minimum absolute atomic E-state index is 0.265. The first kappa shape index (κ1) is 18.4. The molecule has 0 aromatic carbocycles. The van der Waals surface area contributed by atoms with Gasteiger partial charge in [-0.15, -0.1) is 0 Å². The van der Waals surface area contributed by atoms with E-state index in [1.54, 1.807) is 0 Å². The fourth-order valence-corrected chi connectivity index (χ4v) is 0.881. The maximum absolute atomic E-state index is 13.0. The van der Waals surface area contributed by atoms with Crippen LogP contribution in [-0.2, 0) is 4.74 Å². The van der Waals surface area contributed by atoms with Crippen molar-refractivity contribution in [1.82, 2.24) is 0 Å². The fourth-order valence-electron chi connectivity index (χ4n) is 0.881. The molecule has 0 aliphatic rings. The molecule has 1 unspecified atom stereocenters. The molecule has 0 saturated heterocycles. The summed E-state index contributed by atoms with van der Waals surface area (Å²) in [5.74, 6) is -5.66. The van der Waals surface area contributed by atoms with E-state index in [2.05, 4.69) is 4.74 Å². The molecule has 3 nitrogen and oxygen atoms in total. The summed E-state index contributed by atoms with van der Waals surface area (Å²) >= 11 is 0. The maximum Gasteiger partial charge on any atom is 0.422 e. The maximum atomic E-state index is 13.0. The average Bonchev–Trinajstić information content (AvgIpc) is 2.34. The Hall–Kier alpha value is -0.610. The lowest BCUT2D eigenvalue weighted by molar-refractivity contribution is -0.373. The Morgan fingerprint density at radius 3 is 1.74 bits per heavy atom. The number of rotatable bonds is 8. The number of hydrogen-bond donors (Lipinski definition) is 2. The topological polar surface area (TPSA) is 61.3 Å². The van der Waals surface area contributed by atoms with Gasteiger partial charge >= 0.3 is 12.0 Å². The van der Waals surface area contributed by atoms with Crippen molar-refractivity contribution < 1.29 is 35.5 Å². The van der Waals surface area contributed by atoms with Crippen LogP contribution in [0.2, 0.25) is 0 Å². The average molecular weight is 300 g/mol. The van der Waals surface area contributed by atoms with Gasteiger partial charge in [-0.25, -0.2) is 13.2 Å². The summed E-state index contributed by atoms with van der Waals surface area (Å²) in [5, 5.41) is 0. The molecular weight excluding hydrogens is 285 g/mol. The Labute approximate surface area is 105 Å². The standard InChI is InChI=1S/C9H15F7N2O/c1-7(2-17,3-18)4-19-9(15,16)8(13,14)5(10)6(11)12/h5-6H,2-4,17-18H2,1H3. The molecule has 0 fully saturated rings. The lowest BCUT2D eigenvalue weighted by atomic mass is 9.92. The summed E-state index contributed by atoms with van der Waals surface area (Å²) in [4.78, 5) is 0. The predicted molar refractivity (Wildman–Crippen MR) is 53.0 cm³/mol. The van der Waals surface area contributed by atoms with E-state index in [4.69, 9.17) is 11.5 Å². The number of halogens is 7. The molecule has 116 valence electrons. The van der Waals surface area contributed by atoms with Gasteiger partial charge in [-0.1, -0.05) is 6.92 Å². The minimum Gasteiger partial charge on any atom is -0.330 e. The Morgan fingerprint density at radius 1 is 1.00 bits per heavy atom. The van der Waals surface area contributed by atoms with Gasteiger partial charge in [-0.05, 0) is 0 Å². The largest absolute Gasteiger partial charge is 0.422 e. The molecule has 0 aromatic rings. The van der Waals surface area contributed by atoms with E-state index in [1.807, 2.05) is 0 Å². The van der Waals surface area contributed by atoms with E-state index in [0.717, 1.165) is 0 Å². The molecule has 0 aromatic heterocycles. The van der Waals surface area contributed by atoms with Crippen molar-refractivity contribution in [3.8, 4) is 0 Å². The van der Waals surface area contributed by atoms with E-state index < -0.39 is 36.7 Å². The highest BCUT2D eigenvalue weighted by Crippen LogP contribution is 2.42. The molecule has 0 heterocycles. The Kier molecular flexibility index (Phi) is 6.03. The molecule has 4 N–H and O–H groups in total. The van der Waals surface area contributed by atoms with Crippen LogP contribution in [0.5, 0.6) is 0 Å². The highest BCUT2D eigenvalue weighted by Gasteiger charge is 2.66. The van der Waals surface area contributed by atoms with Gasteiger partial charge in [-0.3, -0.25) is 0 Å². The van der Waals surface area contributed by atoms with Crippen molar-refractivity contribution >= 4 is 0 Å². The van der Waals surface area contributed by atoms with Crippen LogP contribution in [0.25, 0.3) is 0 Å². The van der Waals surface area contributed by atoms with Gasteiger partial charge in [0.05, 0.1) is 6.61 Å². The zero-order chi connectivity index (χ0) is 15.5. The molecule has 0 saturated carbocycles. The summed E-state index contributed by atoms with van der Waals surface area (Å²) in [6.07, 6.45) is -14.0. The Balaban J connectivity index is 4.88. The molecule has 19 heavy (non-hydrogen) atoms. The zero-order valence-electron chi connectivity index (χ0n) is 9.98. The highest BCUT2D eigenvalue weighted by molar-refractivity contribution is 4.88. The van der Waals surface area contributed by atoms with Gasteiger partial charge in [-0.2, -0.15) is 17.6 Å². The first-order valence-electron chi connectivity index (χ1n) is 5.15. The van der Waals surface area contributed by atoms with Crippen LogP contribution < -0.4 is 11.5 Å². The van der Waals surface area contributed by atoms with Crippen molar-refractivity contribution in [3.05, 3.63) is 0 Å². The first-order valence-corrected chi connectivity index (χ1v) is 5.15. The van der Waals surface area contributed by atoms with Crippen molar-refractivity contribution in [2.24, 2.45) is 16.9 Å². The van der Waals surface area contributed by atoms with Gasteiger partial charge in [0.2, 0.25) is 6.17 Å². The van der Waals surface area contributed by atoms with Gasteiger partial charge in [0.25, 0.3) is 6.43 Å².